The first-order chi connectivity index (χ1) is 6.69. The van der Waals surface area contributed by atoms with Crippen LogP contribution in [0.1, 0.15) is 5.56 Å². The minimum absolute atomic E-state index is 0.114. The number of hydrogen-bond acceptors (Lipinski definition) is 3. The van der Waals surface area contributed by atoms with Gasteiger partial charge in [0.15, 0.2) is 11.3 Å². The van der Waals surface area contributed by atoms with E-state index in [0.29, 0.717) is 0 Å². The van der Waals surface area contributed by atoms with E-state index in [9.17, 15) is 9.50 Å². The molecule has 0 amide bonds. The van der Waals surface area contributed by atoms with Crippen LogP contribution in [-0.2, 0) is 0 Å². The highest BCUT2D eigenvalue weighted by molar-refractivity contribution is 5.69. The van der Waals surface area contributed by atoms with Gasteiger partial charge in [0.2, 0.25) is 0 Å². The van der Waals surface area contributed by atoms with Gasteiger partial charge in [-0.25, -0.2) is 4.39 Å². The Hall–Kier alpha value is -2.33. The van der Waals surface area contributed by atoms with Crippen LogP contribution < -0.4 is 0 Å². The van der Waals surface area contributed by atoms with Gasteiger partial charge in [-0.05, 0) is 12.1 Å². The predicted octanol–water partition coefficient (Wildman–Crippen LogP) is 2.14. The van der Waals surface area contributed by atoms with Crippen molar-refractivity contribution in [3.05, 3.63) is 41.2 Å². The third-order valence-corrected chi connectivity index (χ3v) is 1.56. The number of nitriles is 2. The van der Waals surface area contributed by atoms with Crippen LogP contribution >= 0.6 is 0 Å². The summed E-state index contributed by atoms with van der Waals surface area (Å²) < 4.78 is 12.7. The molecule has 1 rings (SSSR count). The fourth-order valence-corrected chi connectivity index (χ4v) is 0.911. The maximum Gasteiger partial charge on any atom is 0.171 e. The molecule has 0 spiro atoms. The summed E-state index contributed by atoms with van der Waals surface area (Å²) in [6, 6.07) is 8.07. The predicted molar refractivity (Wildman–Crippen MR) is 47.2 cm³/mol. The average Bonchev–Trinajstić information content (AvgIpc) is 2.19. The Bertz CT molecular complexity index is 450. The summed E-state index contributed by atoms with van der Waals surface area (Å²) in [4.78, 5) is 0. The van der Waals surface area contributed by atoms with Gasteiger partial charge in [0.1, 0.15) is 18.0 Å². The smallest absolute Gasteiger partial charge is 0.171 e. The van der Waals surface area contributed by atoms with E-state index in [1.807, 2.05) is 0 Å². The fraction of sp³-hybridized carbons (Fsp3) is 0. The zero-order chi connectivity index (χ0) is 10.6. The van der Waals surface area contributed by atoms with E-state index in [4.69, 9.17) is 10.5 Å². The third-order valence-electron chi connectivity index (χ3n) is 1.56. The molecule has 0 unspecified atom stereocenters. The molecular weight excluding hydrogens is 183 g/mol. The van der Waals surface area contributed by atoms with Crippen LogP contribution in [0.25, 0.3) is 5.76 Å². The standard InChI is InChI=1S/C10H5FN2O/c11-9-3-1-2-7(4-9)10(14)8(5-12)6-13/h1-4,14H. The number of nitrogens with zero attached hydrogens (tertiary/aromatic N) is 2. The van der Waals surface area contributed by atoms with Crippen molar-refractivity contribution in [1.82, 2.24) is 0 Å². The number of benzene rings is 1. The molecule has 0 fully saturated rings. The Morgan fingerprint density at radius 3 is 2.43 bits per heavy atom. The maximum atomic E-state index is 12.7. The van der Waals surface area contributed by atoms with Crippen molar-refractivity contribution >= 4 is 5.76 Å². The van der Waals surface area contributed by atoms with Gasteiger partial charge in [-0.2, -0.15) is 10.5 Å². The molecule has 1 aromatic carbocycles. The lowest BCUT2D eigenvalue weighted by molar-refractivity contribution is 0.508. The van der Waals surface area contributed by atoms with Crippen LogP contribution in [-0.4, -0.2) is 5.11 Å². The molecule has 0 heterocycles. The second kappa shape index (κ2) is 4.06. The Morgan fingerprint density at radius 1 is 1.29 bits per heavy atom. The monoisotopic (exact) mass is 188 g/mol. The van der Waals surface area contributed by atoms with Crippen LogP contribution in [0.5, 0.6) is 0 Å². The van der Waals surface area contributed by atoms with Crippen LogP contribution in [0.4, 0.5) is 4.39 Å². The number of aliphatic hydroxyl groups excluding tert-OH is 1. The first kappa shape index (κ1) is 9.76. The summed E-state index contributed by atoms with van der Waals surface area (Å²) in [5.41, 5.74) is -0.321. The SMILES string of the molecule is N#CC(C#N)=C(O)c1cccc(F)c1. The molecule has 68 valence electrons. The van der Waals surface area contributed by atoms with Crippen LogP contribution in [0.15, 0.2) is 29.8 Å². The molecule has 1 aromatic rings. The molecule has 0 aliphatic rings. The van der Waals surface area contributed by atoms with Crippen molar-refractivity contribution in [2.75, 3.05) is 0 Å². The molecule has 0 bridgehead atoms. The molecule has 3 nitrogen and oxygen atoms in total. The van der Waals surface area contributed by atoms with Crippen molar-refractivity contribution in [2.45, 2.75) is 0 Å². The first-order valence-electron chi connectivity index (χ1n) is 3.68. The van der Waals surface area contributed by atoms with E-state index in [2.05, 4.69) is 0 Å². The summed E-state index contributed by atoms with van der Waals surface area (Å²) >= 11 is 0. The van der Waals surface area contributed by atoms with Crippen molar-refractivity contribution in [3.8, 4) is 12.1 Å². The minimum atomic E-state index is -0.538. The lowest BCUT2D eigenvalue weighted by Crippen LogP contribution is -1.88. The molecule has 14 heavy (non-hydrogen) atoms. The second-order valence-electron chi connectivity index (χ2n) is 2.46. The molecule has 0 aromatic heterocycles. The van der Waals surface area contributed by atoms with Crippen molar-refractivity contribution < 1.29 is 9.50 Å². The first-order valence-corrected chi connectivity index (χ1v) is 3.68. The lowest BCUT2D eigenvalue weighted by Gasteiger charge is -1.98. The van der Waals surface area contributed by atoms with Gasteiger partial charge in [0.05, 0.1) is 0 Å². The van der Waals surface area contributed by atoms with Crippen molar-refractivity contribution in [2.24, 2.45) is 0 Å². The van der Waals surface area contributed by atoms with Gasteiger partial charge in [-0.15, -0.1) is 0 Å². The Morgan fingerprint density at radius 2 is 1.93 bits per heavy atom. The summed E-state index contributed by atoms with van der Waals surface area (Å²) in [6.07, 6.45) is 0. The molecular formula is C10H5FN2O. The fourth-order valence-electron chi connectivity index (χ4n) is 0.911. The molecule has 1 N–H and O–H groups in total. The molecule has 0 saturated carbocycles. The third kappa shape index (κ3) is 1.88. The Balaban J connectivity index is 3.27. The van der Waals surface area contributed by atoms with Gasteiger partial charge in [0.25, 0.3) is 0 Å². The van der Waals surface area contributed by atoms with Gasteiger partial charge >= 0.3 is 0 Å². The summed E-state index contributed by atoms with van der Waals surface area (Å²) in [7, 11) is 0. The average molecular weight is 188 g/mol. The number of allylic oxidation sites excluding steroid dienone is 1. The van der Waals surface area contributed by atoms with Crippen LogP contribution in [0, 0.1) is 28.5 Å². The summed E-state index contributed by atoms with van der Waals surface area (Å²) in [5.74, 6) is -1.04. The lowest BCUT2D eigenvalue weighted by atomic mass is 10.1. The maximum absolute atomic E-state index is 12.7. The van der Waals surface area contributed by atoms with E-state index in [0.717, 1.165) is 6.07 Å². The van der Waals surface area contributed by atoms with Gasteiger partial charge in [-0.3, -0.25) is 0 Å². The highest BCUT2D eigenvalue weighted by Crippen LogP contribution is 2.15. The van der Waals surface area contributed by atoms with E-state index >= 15 is 0 Å². The van der Waals surface area contributed by atoms with E-state index in [1.165, 1.54) is 30.3 Å². The van der Waals surface area contributed by atoms with E-state index < -0.39 is 17.1 Å². The zero-order valence-electron chi connectivity index (χ0n) is 7.03. The second-order valence-corrected chi connectivity index (χ2v) is 2.46. The van der Waals surface area contributed by atoms with Crippen LogP contribution in [0.2, 0.25) is 0 Å². The van der Waals surface area contributed by atoms with Crippen LogP contribution in [0.3, 0.4) is 0 Å². The zero-order valence-corrected chi connectivity index (χ0v) is 7.03. The number of halogens is 1. The molecule has 0 aliphatic heterocycles. The quantitative estimate of drug-likeness (QED) is 0.542. The van der Waals surface area contributed by atoms with Crippen molar-refractivity contribution in [1.29, 1.82) is 10.5 Å². The molecule has 0 saturated heterocycles. The highest BCUT2D eigenvalue weighted by atomic mass is 19.1. The molecule has 4 heteroatoms. The molecule has 0 aliphatic carbocycles. The summed E-state index contributed by atoms with van der Waals surface area (Å²) in [6.45, 7) is 0. The Labute approximate surface area is 79.9 Å². The normalized spacial score (nSPS) is 8.50. The van der Waals surface area contributed by atoms with Crippen molar-refractivity contribution in [3.63, 3.8) is 0 Å². The van der Waals surface area contributed by atoms with E-state index in [1.54, 1.807) is 0 Å². The van der Waals surface area contributed by atoms with E-state index in [-0.39, 0.29) is 5.56 Å². The summed E-state index contributed by atoms with van der Waals surface area (Å²) in [5, 5.41) is 26.3. The Kier molecular flexibility index (Phi) is 2.83. The van der Waals surface area contributed by atoms with Gasteiger partial charge in [0, 0.05) is 5.56 Å². The molecule has 0 atom stereocenters. The molecule has 0 radical (unpaired) electrons. The van der Waals surface area contributed by atoms with Gasteiger partial charge < -0.3 is 5.11 Å². The number of aliphatic hydroxyl groups is 1. The number of rotatable bonds is 1. The largest absolute Gasteiger partial charge is 0.505 e. The van der Waals surface area contributed by atoms with Gasteiger partial charge in [-0.1, -0.05) is 12.1 Å². The minimum Gasteiger partial charge on any atom is -0.505 e. The topological polar surface area (TPSA) is 67.8 Å². The number of hydrogen-bond donors (Lipinski definition) is 1. The highest BCUT2D eigenvalue weighted by Gasteiger charge is 2.07.